The van der Waals surface area contributed by atoms with E-state index in [0.29, 0.717) is 10.7 Å². The zero-order valence-electron chi connectivity index (χ0n) is 10.3. The van der Waals surface area contributed by atoms with Gasteiger partial charge in [-0.05, 0) is 37.1 Å². The number of unbranched alkanes of at least 4 members (excludes halogenated alkanes) is 1. The summed E-state index contributed by atoms with van der Waals surface area (Å²) >= 11 is 5.87. The van der Waals surface area contributed by atoms with Gasteiger partial charge in [-0.1, -0.05) is 30.2 Å². The van der Waals surface area contributed by atoms with Crippen LogP contribution in [-0.2, 0) is 13.0 Å². The van der Waals surface area contributed by atoms with Crippen molar-refractivity contribution in [2.45, 2.75) is 32.8 Å². The largest absolute Gasteiger partial charge is 0.390 e. The van der Waals surface area contributed by atoms with Gasteiger partial charge in [0.15, 0.2) is 0 Å². The Morgan fingerprint density at radius 3 is 2.61 bits per heavy atom. The van der Waals surface area contributed by atoms with E-state index in [0.717, 1.165) is 30.6 Å². The zero-order chi connectivity index (χ0) is 13.0. The highest BCUT2D eigenvalue weighted by Gasteiger charge is 2.12. The lowest BCUT2D eigenvalue weighted by Gasteiger charge is -2.07. The number of hydrogen-bond donors (Lipinski definition) is 1. The molecule has 0 spiro atoms. The van der Waals surface area contributed by atoms with E-state index in [1.54, 1.807) is 4.68 Å². The number of hydrogen-bond acceptors (Lipinski definition) is 3. The van der Waals surface area contributed by atoms with Crippen LogP contribution in [-0.4, -0.2) is 20.1 Å². The fourth-order valence-corrected chi connectivity index (χ4v) is 1.97. The summed E-state index contributed by atoms with van der Waals surface area (Å²) in [6, 6.07) is 7.43. The Bertz CT molecular complexity index is 507. The lowest BCUT2D eigenvalue weighted by molar-refractivity contribution is 0.275. The lowest BCUT2D eigenvalue weighted by atomic mass is 10.1. The topological polar surface area (TPSA) is 50.9 Å². The Morgan fingerprint density at radius 2 is 2.00 bits per heavy atom. The monoisotopic (exact) mass is 265 g/mol. The molecule has 0 aliphatic heterocycles. The fraction of sp³-hybridized carbons (Fsp3) is 0.385. The first-order valence-electron chi connectivity index (χ1n) is 6.06. The van der Waals surface area contributed by atoms with E-state index in [9.17, 15) is 5.11 Å². The summed E-state index contributed by atoms with van der Waals surface area (Å²) in [4.78, 5) is 0. The Kier molecular flexibility index (Phi) is 4.33. The van der Waals surface area contributed by atoms with Gasteiger partial charge in [0.05, 0.1) is 18.0 Å². The first kappa shape index (κ1) is 13.1. The van der Waals surface area contributed by atoms with E-state index >= 15 is 0 Å². The van der Waals surface area contributed by atoms with Gasteiger partial charge in [-0.3, -0.25) is 0 Å². The quantitative estimate of drug-likeness (QED) is 0.904. The average molecular weight is 266 g/mol. The molecule has 0 atom stereocenters. The number of nitrogens with zero attached hydrogens (tertiary/aromatic N) is 3. The van der Waals surface area contributed by atoms with Gasteiger partial charge in [-0.15, -0.1) is 5.10 Å². The van der Waals surface area contributed by atoms with Crippen molar-refractivity contribution in [1.29, 1.82) is 0 Å². The molecule has 0 aliphatic carbocycles. The number of halogens is 1. The minimum Gasteiger partial charge on any atom is -0.390 e. The number of aliphatic hydroxyl groups is 1. The van der Waals surface area contributed by atoms with Gasteiger partial charge in [-0.2, -0.15) is 0 Å². The van der Waals surface area contributed by atoms with Gasteiger partial charge < -0.3 is 5.11 Å². The number of aromatic nitrogens is 3. The summed E-state index contributed by atoms with van der Waals surface area (Å²) in [5, 5.41) is 18.1. The maximum atomic E-state index is 9.29. The van der Waals surface area contributed by atoms with Crippen LogP contribution in [0.2, 0.25) is 5.02 Å². The van der Waals surface area contributed by atoms with Crippen LogP contribution in [0.4, 0.5) is 0 Å². The van der Waals surface area contributed by atoms with Crippen LogP contribution in [0.25, 0.3) is 5.69 Å². The van der Waals surface area contributed by atoms with Crippen LogP contribution in [0, 0.1) is 0 Å². The zero-order valence-corrected chi connectivity index (χ0v) is 11.1. The number of rotatable bonds is 5. The van der Waals surface area contributed by atoms with Gasteiger partial charge in [0, 0.05) is 5.02 Å². The summed E-state index contributed by atoms with van der Waals surface area (Å²) in [6.45, 7) is 2.06. The lowest BCUT2D eigenvalue weighted by Crippen LogP contribution is -2.04. The van der Waals surface area contributed by atoms with Gasteiger partial charge in [-0.25, -0.2) is 4.68 Å². The molecule has 18 heavy (non-hydrogen) atoms. The molecular formula is C13H16ClN3O. The molecule has 0 unspecified atom stereocenters. The van der Waals surface area contributed by atoms with Gasteiger partial charge in [0.25, 0.3) is 0 Å². The highest BCUT2D eigenvalue weighted by molar-refractivity contribution is 6.30. The molecule has 2 aromatic rings. The van der Waals surface area contributed by atoms with Gasteiger partial charge >= 0.3 is 0 Å². The molecule has 1 aromatic carbocycles. The summed E-state index contributed by atoms with van der Waals surface area (Å²) in [5.74, 6) is 0. The Hall–Kier alpha value is -1.39. The highest BCUT2D eigenvalue weighted by atomic mass is 35.5. The molecule has 0 fully saturated rings. The van der Waals surface area contributed by atoms with Crippen LogP contribution >= 0.6 is 11.6 Å². The minimum atomic E-state index is -0.0767. The third-order valence-corrected chi connectivity index (χ3v) is 3.08. The van der Waals surface area contributed by atoms with Crippen LogP contribution in [0.1, 0.15) is 31.2 Å². The van der Waals surface area contributed by atoms with Crippen molar-refractivity contribution in [3.05, 3.63) is 40.7 Å². The molecule has 4 nitrogen and oxygen atoms in total. The smallest absolute Gasteiger partial charge is 0.112 e. The van der Waals surface area contributed by atoms with Crippen LogP contribution in [0.15, 0.2) is 24.3 Å². The normalized spacial score (nSPS) is 10.8. The van der Waals surface area contributed by atoms with E-state index in [2.05, 4.69) is 17.2 Å². The van der Waals surface area contributed by atoms with E-state index in [4.69, 9.17) is 11.6 Å². The predicted octanol–water partition coefficient (Wildman–Crippen LogP) is 2.76. The van der Waals surface area contributed by atoms with Crippen molar-refractivity contribution < 1.29 is 5.11 Å². The molecule has 0 amide bonds. The Morgan fingerprint density at radius 1 is 1.28 bits per heavy atom. The molecule has 5 heteroatoms. The van der Waals surface area contributed by atoms with Crippen molar-refractivity contribution in [2.24, 2.45) is 0 Å². The minimum absolute atomic E-state index is 0.0767. The molecule has 0 saturated heterocycles. The van der Waals surface area contributed by atoms with Crippen LogP contribution in [0.3, 0.4) is 0 Å². The molecule has 1 aromatic heterocycles. The summed E-state index contributed by atoms with van der Waals surface area (Å²) in [6.07, 6.45) is 3.01. The summed E-state index contributed by atoms with van der Waals surface area (Å²) in [5.41, 5.74) is 2.54. The number of benzene rings is 1. The van der Waals surface area contributed by atoms with E-state index in [1.165, 1.54) is 0 Å². The van der Waals surface area contributed by atoms with Crippen LogP contribution in [0.5, 0.6) is 0 Å². The Labute approximate surface area is 111 Å². The van der Waals surface area contributed by atoms with Crippen molar-refractivity contribution in [2.75, 3.05) is 0 Å². The highest BCUT2D eigenvalue weighted by Crippen LogP contribution is 2.17. The second-order valence-corrected chi connectivity index (χ2v) is 4.57. The maximum Gasteiger partial charge on any atom is 0.112 e. The SMILES string of the molecule is CCCCc1c(CO)nnn1-c1ccc(Cl)cc1. The third kappa shape index (κ3) is 2.71. The standard InChI is InChI=1S/C13H16ClN3O/c1-2-3-4-13-12(9-18)15-16-17(13)11-7-5-10(14)6-8-11/h5-8,18H,2-4,9H2,1H3. The first-order valence-corrected chi connectivity index (χ1v) is 6.44. The molecular weight excluding hydrogens is 250 g/mol. The molecule has 0 bridgehead atoms. The molecule has 1 N–H and O–H groups in total. The summed E-state index contributed by atoms with van der Waals surface area (Å²) < 4.78 is 1.78. The van der Waals surface area contributed by atoms with Gasteiger partial charge in [0.1, 0.15) is 5.69 Å². The summed E-state index contributed by atoms with van der Waals surface area (Å²) in [7, 11) is 0. The number of aliphatic hydroxyl groups excluding tert-OH is 1. The molecule has 0 radical (unpaired) electrons. The van der Waals surface area contributed by atoms with E-state index in [1.807, 2.05) is 24.3 Å². The molecule has 0 aliphatic rings. The second-order valence-electron chi connectivity index (χ2n) is 4.13. The Balaban J connectivity index is 2.37. The second kappa shape index (κ2) is 5.98. The van der Waals surface area contributed by atoms with E-state index < -0.39 is 0 Å². The van der Waals surface area contributed by atoms with Crippen molar-refractivity contribution in [3.8, 4) is 5.69 Å². The van der Waals surface area contributed by atoms with Crippen LogP contribution < -0.4 is 0 Å². The molecule has 96 valence electrons. The molecule has 1 heterocycles. The maximum absolute atomic E-state index is 9.29. The predicted molar refractivity (Wildman–Crippen MR) is 70.9 cm³/mol. The third-order valence-electron chi connectivity index (χ3n) is 2.83. The molecule has 2 rings (SSSR count). The average Bonchev–Trinajstić information content (AvgIpc) is 2.80. The molecule has 0 saturated carbocycles. The van der Waals surface area contributed by atoms with Gasteiger partial charge in [0.2, 0.25) is 0 Å². The van der Waals surface area contributed by atoms with Crippen molar-refractivity contribution in [1.82, 2.24) is 15.0 Å². The van der Waals surface area contributed by atoms with Crippen molar-refractivity contribution in [3.63, 3.8) is 0 Å². The van der Waals surface area contributed by atoms with Crippen molar-refractivity contribution >= 4 is 11.6 Å². The van der Waals surface area contributed by atoms with E-state index in [-0.39, 0.29) is 6.61 Å². The first-order chi connectivity index (χ1) is 8.76. The fourth-order valence-electron chi connectivity index (χ4n) is 1.84.